The van der Waals surface area contributed by atoms with Crippen LogP contribution in [0.4, 0.5) is 4.79 Å². The molecule has 0 spiro atoms. The van der Waals surface area contributed by atoms with Crippen molar-refractivity contribution in [1.29, 1.82) is 0 Å². The van der Waals surface area contributed by atoms with Crippen molar-refractivity contribution in [3.05, 3.63) is 29.8 Å². The first-order valence-electron chi connectivity index (χ1n) is 7.80. The zero-order valence-electron chi connectivity index (χ0n) is 12.9. The summed E-state index contributed by atoms with van der Waals surface area (Å²) >= 11 is 0. The summed E-state index contributed by atoms with van der Waals surface area (Å²) in [6, 6.07) is 7.47. The van der Waals surface area contributed by atoms with E-state index in [0.29, 0.717) is 45.8 Å². The van der Waals surface area contributed by atoms with Gasteiger partial charge < -0.3 is 20.1 Å². The predicted molar refractivity (Wildman–Crippen MR) is 83.1 cm³/mol. The van der Waals surface area contributed by atoms with Crippen molar-refractivity contribution in [2.75, 3.05) is 39.4 Å². The van der Waals surface area contributed by atoms with Crippen LogP contribution >= 0.6 is 0 Å². The Kier molecular flexibility index (Phi) is 4.66. The Hall–Kier alpha value is -2.28. The normalized spacial score (nSPS) is 20.2. The van der Waals surface area contributed by atoms with Crippen LogP contribution in [0.3, 0.4) is 0 Å². The Bertz CT molecular complexity index is 575. The van der Waals surface area contributed by atoms with Crippen LogP contribution in [0, 0.1) is 0 Å². The molecule has 0 radical (unpaired) electrons. The minimum absolute atomic E-state index is 0.00719. The first-order valence-corrected chi connectivity index (χ1v) is 7.80. The van der Waals surface area contributed by atoms with Crippen LogP contribution in [-0.2, 0) is 16.0 Å². The van der Waals surface area contributed by atoms with Gasteiger partial charge in [-0.15, -0.1) is 0 Å². The molecule has 7 heteroatoms. The molecular formula is C16H21N3O4. The van der Waals surface area contributed by atoms with Crippen LogP contribution in [0.15, 0.2) is 24.3 Å². The van der Waals surface area contributed by atoms with E-state index in [1.165, 1.54) is 0 Å². The summed E-state index contributed by atoms with van der Waals surface area (Å²) in [5, 5.41) is 0. The first kappa shape index (κ1) is 15.6. The number of cyclic esters (lactones) is 1. The van der Waals surface area contributed by atoms with E-state index in [0.717, 1.165) is 11.3 Å². The molecule has 23 heavy (non-hydrogen) atoms. The molecule has 1 unspecified atom stereocenters. The van der Waals surface area contributed by atoms with Crippen molar-refractivity contribution in [3.8, 4) is 5.75 Å². The van der Waals surface area contributed by atoms with Gasteiger partial charge in [-0.1, -0.05) is 12.1 Å². The van der Waals surface area contributed by atoms with Gasteiger partial charge in [-0.05, 0) is 17.7 Å². The molecule has 2 amide bonds. The zero-order chi connectivity index (χ0) is 16.2. The van der Waals surface area contributed by atoms with Crippen LogP contribution < -0.4 is 10.5 Å². The van der Waals surface area contributed by atoms with Gasteiger partial charge in [0.15, 0.2) is 0 Å². The highest BCUT2D eigenvalue weighted by molar-refractivity contribution is 5.79. The van der Waals surface area contributed by atoms with Crippen LogP contribution in [0.2, 0.25) is 0 Å². The average molecular weight is 319 g/mol. The van der Waals surface area contributed by atoms with Gasteiger partial charge in [-0.2, -0.15) is 0 Å². The summed E-state index contributed by atoms with van der Waals surface area (Å²) < 4.78 is 10.4. The topological polar surface area (TPSA) is 85.1 Å². The Balaban J connectivity index is 1.54. The van der Waals surface area contributed by atoms with Gasteiger partial charge in [0.1, 0.15) is 19.0 Å². The fourth-order valence-electron chi connectivity index (χ4n) is 2.88. The minimum Gasteiger partial charge on any atom is -0.492 e. The molecule has 7 nitrogen and oxygen atoms in total. The minimum atomic E-state index is -0.268. The lowest BCUT2D eigenvalue weighted by atomic mass is 10.1. The SMILES string of the molecule is NCCOc1ccc(CC(=O)N2CCN3C(=O)OCC3C2)cc1. The number of nitrogens with zero attached hydrogens (tertiary/aromatic N) is 2. The summed E-state index contributed by atoms with van der Waals surface area (Å²) in [5.74, 6) is 0.821. The Morgan fingerprint density at radius 3 is 2.83 bits per heavy atom. The summed E-state index contributed by atoms with van der Waals surface area (Å²) in [7, 11) is 0. The largest absolute Gasteiger partial charge is 0.492 e. The number of carbonyl (C=O) groups excluding carboxylic acids is 2. The molecule has 0 aliphatic carbocycles. The van der Waals surface area contributed by atoms with Crippen molar-refractivity contribution in [2.45, 2.75) is 12.5 Å². The van der Waals surface area contributed by atoms with Gasteiger partial charge >= 0.3 is 6.09 Å². The predicted octanol–water partition coefficient (Wildman–Crippen LogP) is 0.230. The van der Waals surface area contributed by atoms with E-state index in [2.05, 4.69) is 0 Å². The van der Waals surface area contributed by atoms with Crippen molar-refractivity contribution in [3.63, 3.8) is 0 Å². The number of nitrogens with two attached hydrogens (primary N) is 1. The van der Waals surface area contributed by atoms with Crippen LogP contribution in [0.1, 0.15) is 5.56 Å². The van der Waals surface area contributed by atoms with Gasteiger partial charge in [0.25, 0.3) is 0 Å². The highest BCUT2D eigenvalue weighted by atomic mass is 16.6. The maximum Gasteiger partial charge on any atom is 0.410 e. The van der Waals surface area contributed by atoms with Gasteiger partial charge in [0.05, 0.1) is 12.5 Å². The zero-order valence-corrected chi connectivity index (χ0v) is 12.9. The first-order chi connectivity index (χ1) is 11.2. The lowest BCUT2D eigenvalue weighted by molar-refractivity contribution is -0.132. The summed E-state index contributed by atoms with van der Waals surface area (Å²) in [6.45, 7) is 2.96. The Morgan fingerprint density at radius 1 is 1.30 bits per heavy atom. The molecule has 0 aromatic heterocycles. The molecule has 0 bridgehead atoms. The number of piperazine rings is 1. The number of hydrogen-bond acceptors (Lipinski definition) is 5. The summed E-state index contributed by atoms with van der Waals surface area (Å²) in [5.41, 5.74) is 6.33. The molecule has 2 aliphatic heterocycles. The Morgan fingerprint density at radius 2 is 2.09 bits per heavy atom. The van der Waals surface area contributed by atoms with Crippen molar-refractivity contribution >= 4 is 12.0 Å². The lowest BCUT2D eigenvalue weighted by Crippen LogP contribution is -2.54. The lowest BCUT2D eigenvalue weighted by Gasteiger charge is -2.35. The Labute approximate surface area is 134 Å². The number of benzene rings is 1. The summed E-state index contributed by atoms with van der Waals surface area (Å²) in [6.07, 6.45) is 0.0776. The molecule has 1 atom stereocenters. The third-order valence-corrected chi connectivity index (χ3v) is 4.13. The second-order valence-corrected chi connectivity index (χ2v) is 5.72. The maximum absolute atomic E-state index is 12.4. The monoisotopic (exact) mass is 319 g/mol. The molecule has 1 aromatic carbocycles. The third-order valence-electron chi connectivity index (χ3n) is 4.13. The van der Waals surface area contributed by atoms with E-state index >= 15 is 0 Å². The second-order valence-electron chi connectivity index (χ2n) is 5.72. The fraction of sp³-hybridized carbons (Fsp3) is 0.500. The molecule has 0 saturated carbocycles. The van der Waals surface area contributed by atoms with E-state index in [9.17, 15) is 9.59 Å². The van der Waals surface area contributed by atoms with E-state index < -0.39 is 0 Å². The van der Waals surface area contributed by atoms with Crippen molar-refractivity contribution in [1.82, 2.24) is 9.80 Å². The van der Waals surface area contributed by atoms with Crippen LogP contribution in [0.25, 0.3) is 0 Å². The van der Waals surface area contributed by atoms with Gasteiger partial charge in [-0.3, -0.25) is 9.69 Å². The van der Waals surface area contributed by atoms with E-state index in [4.69, 9.17) is 15.2 Å². The molecule has 2 heterocycles. The van der Waals surface area contributed by atoms with Crippen LogP contribution in [0.5, 0.6) is 5.75 Å². The van der Waals surface area contributed by atoms with E-state index in [1.807, 2.05) is 29.2 Å². The number of carbonyl (C=O) groups is 2. The quantitative estimate of drug-likeness (QED) is 0.840. The number of amides is 2. The standard InChI is InChI=1S/C16H21N3O4/c17-5-8-22-14-3-1-12(2-4-14)9-15(20)18-6-7-19-13(10-18)11-23-16(19)21/h1-4,13H,5-11,17H2. The summed E-state index contributed by atoms with van der Waals surface area (Å²) in [4.78, 5) is 27.4. The van der Waals surface area contributed by atoms with Gasteiger partial charge in [-0.25, -0.2) is 4.79 Å². The maximum atomic E-state index is 12.4. The molecular weight excluding hydrogens is 298 g/mol. The molecule has 2 fully saturated rings. The highest BCUT2D eigenvalue weighted by Crippen LogP contribution is 2.19. The average Bonchev–Trinajstić information content (AvgIpc) is 2.95. The molecule has 1 aromatic rings. The van der Waals surface area contributed by atoms with Crippen molar-refractivity contribution < 1.29 is 19.1 Å². The van der Waals surface area contributed by atoms with Crippen molar-refractivity contribution in [2.24, 2.45) is 5.73 Å². The highest BCUT2D eigenvalue weighted by Gasteiger charge is 2.38. The number of ether oxygens (including phenoxy) is 2. The molecule has 2 saturated heterocycles. The van der Waals surface area contributed by atoms with Crippen LogP contribution in [-0.4, -0.2) is 67.2 Å². The second kappa shape index (κ2) is 6.87. The van der Waals surface area contributed by atoms with E-state index in [-0.39, 0.29) is 18.0 Å². The van der Waals surface area contributed by atoms with Gasteiger partial charge in [0, 0.05) is 26.2 Å². The number of rotatable bonds is 5. The molecule has 124 valence electrons. The molecule has 2 N–H and O–H groups in total. The number of hydrogen-bond donors (Lipinski definition) is 1. The fourth-order valence-corrected chi connectivity index (χ4v) is 2.88. The van der Waals surface area contributed by atoms with E-state index in [1.54, 1.807) is 4.90 Å². The van der Waals surface area contributed by atoms with Gasteiger partial charge in [0.2, 0.25) is 5.91 Å². The number of fused-ring (bicyclic) bond motifs is 1. The smallest absolute Gasteiger partial charge is 0.410 e. The third kappa shape index (κ3) is 3.56. The molecule has 2 aliphatic rings. The molecule has 3 rings (SSSR count).